The summed E-state index contributed by atoms with van der Waals surface area (Å²) < 4.78 is 13.5. The zero-order valence-corrected chi connectivity index (χ0v) is 12.3. The minimum atomic E-state index is -0.199. The Morgan fingerprint density at radius 2 is 2.00 bits per heavy atom. The highest BCUT2D eigenvalue weighted by molar-refractivity contribution is 7.80. The van der Waals surface area contributed by atoms with Crippen LogP contribution in [-0.2, 0) is 6.42 Å². The third kappa shape index (κ3) is 3.68. The van der Waals surface area contributed by atoms with Crippen molar-refractivity contribution < 1.29 is 4.39 Å². The molecule has 3 N–H and O–H groups in total. The summed E-state index contributed by atoms with van der Waals surface area (Å²) in [6, 6.07) is 12.0. The largest absolute Gasteiger partial charge is 0.389 e. The number of rotatable bonds is 5. The van der Waals surface area contributed by atoms with Crippen LogP contribution in [0.3, 0.4) is 0 Å². The number of hydrogen-bond donors (Lipinski definition) is 2. The topological polar surface area (TPSA) is 38.0 Å². The highest BCUT2D eigenvalue weighted by Crippen LogP contribution is 2.21. The lowest BCUT2D eigenvalue weighted by Gasteiger charge is -2.12. The Hall–Kier alpha value is -1.65. The van der Waals surface area contributed by atoms with E-state index in [1.807, 2.05) is 6.07 Å². The first-order valence-electron chi connectivity index (χ1n) is 6.14. The van der Waals surface area contributed by atoms with Gasteiger partial charge in [-0.15, -0.1) is 0 Å². The van der Waals surface area contributed by atoms with E-state index in [0.29, 0.717) is 28.5 Å². The van der Waals surface area contributed by atoms with E-state index in [-0.39, 0.29) is 5.82 Å². The van der Waals surface area contributed by atoms with Gasteiger partial charge in [0.2, 0.25) is 0 Å². The molecule has 0 fully saturated rings. The van der Waals surface area contributed by atoms with E-state index in [0.717, 1.165) is 11.3 Å². The van der Waals surface area contributed by atoms with Crippen LogP contribution in [0.2, 0.25) is 5.02 Å². The molecule has 0 aliphatic rings. The quantitative estimate of drug-likeness (QED) is 0.826. The second-order valence-electron chi connectivity index (χ2n) is 4.32. The van der Waals surface area contributed by atoms with Gasteiger partial charge in [-0.1, -0.05) is 42.0 Å². The van der Waals surface area contributed by atoms with E-state index in [2.05, 4.69) is 5.32 Å². The predicted molar refractivity (Wildman–Crippen MR) is 85.9 cm³/mol. The number of nitrogens with two attached hydrogens (primary N) is 1. The Morgan fingerprint density at radius 3 is 2.70 bits per heavy atom. The van der Waals surface area contributed by atoms with E-state index in [1.54, 1.807) is 30.3 Å². The Labute approximate surface area is 127 Å². The molecule has 5 heteroatoms. The highest BCUT2D eigenvalue weighted by atomic mass is 35.5. The van der Waals surface area contributed by atoms with Crippen molar-refractivity contribution in [3.63, 3.8) is 0 Å². The smallest absolute Gasteiger partial charge is 0.126 e. The van der Waals surface area contributed by atoms with E-state index in [1.165, 1.54) is 6.07 Å². The fourth-order valence-corrected chi connectivity index (χ4v) is 2.26. The Balaban J connectivity index is 2.06. The molecule has 0 bridgehead atoms. The average Bonchev–Trinajstić information content (AvgIpc) is 2.41. The summed E-state index contributed by atoms with van der Waals surface area (Å²) in [6.07, 6.45) is 0.565. The molecule has 2 aromatic carbocycles. The van der Waals surface area contributed by atoms with Crippen LogP contribution in [0, 0.1) is 5.82 Å². The molecular weight excluding hydrogens is 295 g/mol. The van der Waals surface area contributed by atoms with Crippen molar-refractivity contribution in [2.45, 2.75) is 6.42 Å². The third-order valence-electron chi connectivity index (χ3n) is 2.91. The van der Waals surface area contributed by atoms with E-state index in [9.17, 15) is 4.39 Å². The molecule has 104 valence electrons. The second kappa shape index (κ2) is 6.68. The van der Waals surface area contributed by atoms with Gasteiger partial charge in [0.1, 0.15) is 10.8 Å². The van der Waals surface area contributed by atoms with Gasteiger partial charge >= 0.3 is 0 Å². The molecule has 0 aliphatic heterocycles. The molecule has 20 heavy (non-hydrogen) atoms. The first-order chi connectivity index (χ1) is 9.58. The maximum absolute atomic E-state index is 13.5. The summed E-state index contributed by atoms with van der Waals surface area (Å²) in [6.45, 7) is 0.566. The average molecular weight is 309 g/mol. The van der Waals surface area contributed by atoms with Crippen molar-refractivity contribution in [1.82, 2.24) is 0 Å². The summed E-state index contributed by atoms with van der Waals surface area (Å²) in [4.78, 5) is 0.301. The van der Waals surface area contributed by atoms with Crippen LogP contribution < -0.4 is 11.1 Å². The molecule has 0 saturated heterocycles. The van der Waals surface area contributed by atoms with Gasteiger partial charge in [-0.25, -0.2) is 4.39 Å². The van der Waals surface area contributed by atoms with Crippen molar-refractivity contribution in [2.75, 3.05) is 11.9 Å². The molecule has 0 aliphatic carbocycles. The van der Waals surface area contributed by atoms with Crippen molar-refractivity contribution in [1.29, 1.82) is 0 Å². The van der Waals surface area contributed by atoms with Crippen molar-refractivity contribution in [2.24, 2.45) is 5.73 Å². The first kappa shape index (κ1) is 14.8. The SMILES string of the molecule is NC(=S)c1ccc(Cl)cc1NCCc1ccccc1F. The fraction of sp³-hybridized carbons (Fsp3) is 0.133. The third-order valence-corrected chi connectivity index (χ3v) is 3.37. The maximum atomic E-state index is 13.5. The number of nitrogens with one attached hydrogen (secondary N) is 1. The highest BCUT2D eigenvalue weighted by Gasteiger charge is 2.06. The monoisotopic (exact) mass is 308 g/mol. The van der Waals surface area contributed by atoms with Crippen molar-refractivity contribution >= 4 is 34.5 Å². The van der Waals surface area contributed by atoms with Crippen LogP contribution in [0.4, 0.5) is 10.1 Å². The summed E-state index contributed by atoms with van der Waals surface area (Å²) >= 11 is 11.0. The molecule has 2 nitrogen and oxygen atoms in total. The molecule has 0 spiro atoms. The van der Waals surface area contributed by atoms with Gasteiger partial charge in [-0.3, -0.25) is 0 Å². The molecule has 0 saturated carbocycles. The summed E-state index contributed by atoms with van der Waals surface area (Å²) in [7, 11) is 0. The Bertz CT molecular complexity index is 631. The number of anilines is 1. The minimum Gasteiger partial charge on any atom is -0.389 e. The van der Waals surface area contributed by atoms with E-state index in [4.69, 9.17) is 29.6 Å². The standard InChI is InChI=1S/C15H14ClFN2S/c16-11-5-6-12(15(18)20)14(9-11)19-8-7-10-3-1-2-4-13(10)17/h1-6,9,19H,7-8H2,(H2,18,20). The predicted octanol–water partition coefficient (Wildman–Crippen LogP) is 3.77. The Kier molecular flexibility index (Phi) is 4.93. The minimum absolute atomic E-state index is 0.199. The molecule has 0 heterocycles. The first-order valence-corrected chi connectivity index (χ1v) is 6.93. The lowest BCUT2D eigenvalue weighted by molar-refractivity contribution is 0.610. The van der Waals surface area contributed by atoms with E-state index < -0.39 is 0 Å². The number of hydrogen-bond acceptors (Lipinski definition) is 2. The molecule has 0 atom stereocenters. The fourth-order valence-electron chi connectivity index (χ4n) is 1.91. The summed E-state index contributed by atoms with van der Waals surface area (Å²) in [5.41, 5.74) is 7.82. The normalized spacial score (nSPS) is 10.3. The van der Waals surface area contributed by atoms with Crippen LogP contribution in [0.25, 0.3) is 0 Å². The lowest BCUT2D eigenvalue weighted by Crippen LogP contribution is -2.14. The number of halogens is 2. The van der Waals surface area contributed by atoms with E-state index >= 15 is 0 Å². The molecule has 2 rings (SSSR count). The van der Waals surface area contributed by atoms with Gasteiger partial charge in [0.15, 0.2) is 0 Å². The van der Waals surface area contributed by atoms with Crippen molar-refractivity contribution in [3.8, 4) is 0 Å². The zero-order chi connectivity index (χ0) is 14.5. The molecular formula is C15H14ClFN2S. The van der Waals surface area contributed by atoms with Crippen LogP contribution in [0.15, 0.2) is 42.5 Å². The van der Waals surface area contributed by atoms with Gasteiger partial charge in [-0.05, 0) is 36.2 Å². The maximum Gasteiger partial charge on any atom is 0.126 e. The molecule has 0 amide bonds. The van der Waals surface area contributed by atoms with Crippen molar-refractivity contribution in [3.05, 3.63) is 64.4 Å². The van der Waals surface area contributed by atoms with Gasteiger partial charge in [0, 0.05) is 22.8 Å². The van der Waals surface area contributed by atoms with Gasteiger partial charge < -0.3 is 11.1 Å². The van der Waals surface area contributed by atoms with Crippen LogP contribution in [0.1, 0.15) is 11.1 Å². The Morgan fingerprint density at radius 1 is 1.25 bits per heavy atom. The number of thiocarbonyl (C=S) groups is 1. The van der Waals surface area contributed by atoms with Crippen LogP contribution >= 0.6 is 23.8 Å². The van der Waals surface area contributed by atoms with Gasteiger partial charge in [0.25, 0.3) is 0 Å². The van der Waals surface area contributed by atoms with Gasteiger partial charge in [-0.2, -0.15) is 0 Å². The molecule has 0 unspecified atom stereocenters. The van der Waals surface area contributed by atoms with Crippen LogP contribution in [0.5, 0.6) is 0 Å². The summed E-state index contributed by atoms with van der Waals surface area (Å²) in [5, 5.41) is 3.79. The molecule has 0 radical (unpaired) electrons. The molecule has 0 aromatic heterocycles. The van der Waals surface area contributed by atoms with Crippen LogP contribution in [-0.4, -0.2) is 11.5 Å². The zero-order valence-electron chi connectivity index (χ0n) is 10.7. The van der Waals surface area contributed by atoms with Gasteiger partial charge in [0.05, 0.1) is 0 Å². The second-order valence-corrected chi connectivity index (χ2v) is 5.20. The number of benzene rings is 2. The summed E-state index contributed by atoms with van der Waals surface area (Å²) in [5.74, 6) is -0.199. The lowest BCUT2D eigenvalue weighted by atomic mass is 10.1. The molecule has 2 aromatic rings.